The average Bonchev–Trinajstić information content (AvgIpc) is 2.90. The minimum absolute atomic E-state index is 0.0187. The van der Waals surface area contributed by atoms with Gasteiger partial charge in [-0.3, -0.25) is 9.69 Å². The Balaban J connectivity index is 1.16. The van der Waals surface area contributed by atoms with Crippen molar-refractivity contribution in [3.63, 3.8) is 0 Å². The predicted octanol–water partition coefficient (Wildman–Crippen LogP) is 3.84. The zero-order chi connectivity index (χ0) is 23.3. The number of halogens is 1. The van der Waals surface area contributed by atoms with Crippen molar-refractivity contribution in [2.24, 2.45) is 5.92 Å². The van der Waals surface area contributed by atoms with Crippen LogP contribution in [0.3, 0.4) is 0 Å². The van der Waals surface area contributed by atoms with Gasteiger partial charge in [0.05, 0.1) is 5.92 Å². The number of carbonyl (C=O) groups is 1. The summed E-state index contributed by atoms with van der Waals surface area (Å²) >= 11 is 0. The average molecular weight is 460 g/mol. The Hall–Kier alpha value is -3.32. The number of amides is 1. The first-order valence-corrected chi connectivity index (χ1v) is 12.0. The minimum atomic E-state index is -0.261. The monoisotopic (exact) mass is 459 g/mol. The zero-order valence-corrected chi connectivity index (χ0v) is 19.3. The third-order valence-electron chi connectivity index (χ3n) is 6.80. The lowest BCUT2D eigenvalue weighted by atomic mass is 9.96. The van der Waals surface area contributed by atoms with E-state index >= 15 is 0 Å². The number of piperidine rings is 1. The molecule has 1 atom stereocenters. The summed E-state index contributed by atoms with van der Waals surface area (Å²) in [7, 11) is 0. The number of hydrogen-bond donors (Lipinski definition) is 0. The highest BCUT2D eigenvalue weighted by Gasteiger charge is 2.31. The van der Waals surface area contributed by atoms with Gasteiger partial charge in [0.1, 0.15) is 5.82 Å². The van der Waals surface area contributed by atoms with Gasteiger partial charge in [-0.2, -0.15) is 0 Å². The summed E-state index contributed by atoms with van der Waals surface area (Å²) in [5, 5.41) is 0. The first kappa shape index (κ1) is 22.5. The molecule has 3 heterocycles. The normalized spacial score (nSPS) is 19.3. The molecule has 2 aromatic carbocycles. The van der Waals surface area contributed by atoms with Gasteiger partial charge in [0.15, 0.2) is 0 Å². The SMILES string of the molecule is O=C([C@H]1CCCN(c2ncc(-c3ccc(F)cc3)cn2)C1)N1CCN(Cc2ccccc2)CC1. The molecule has 34 heavy (non-hydrogen) atoms. The molecule has 2 aliphatic heterocycles. The molecular formula is C27H30FN5O. The molecule has 0 bridgehead atoms. The predicted molar refractivity (Wildman–Crippen MR) is 131 cm³/mol. The van der Waals surface area contributed by atoms with E-state index in [-0.39, 0.29) is 17.6 Å². The molecule has 0 radical (unpaired) electrons. The molecule has 1 amide bonds. The summed E-state index contributed by atoms with van der Waals surface area (Å²) in [6.45, 7) is 5.82. The smallest absolute Gasteiger partial charge is 0.227 e. The highest BCUT2D eigenvalue weighted by atomic mass is 19.1. The van der Waals surface area contributed by atoms with E-state index in [2.05, 4.69) is 44.0 Å². The lowest BCUT2D eigenvalue weighted by molar-refractivity contribution is -0.137. The molecule has 0 spiro atoms. The van der Waals surface area contributed by atoms with Crippen LogP contribution >= 0.6 is 0 Å². The van der Waals surface area contributed by atoms with Crippen LogP contribution in [0.2, 0.25) is 0 Å². The molecular weight excluding hydrogens is 429 g/mol. The van der Waals surface area contributed by atoms with E-state index in [1.165, 1.54) is 17.7 Å². The summed E-state index contributed by atoms with van der Waals surface area (Å²) in [5.74, 6) is 0.626. The van der Waals surface area contributed by atoms with Crippen molar-refractivity contribution in [3.8, 4) is 11.1 Å². The van der Waals surface area contributed by atoms with E-state index in [0.29, 0.717) is 12.5 Å². The van der Waals surface area contributed by atoms with Crippen molar-refractivity contribution in [3.05, 3.63) is 78.4 Å². The van der Waals surface area contributed by atoms with E-state index in [1.54, 1.807) is 24.5 Å². The van der Waals surface area contributed by atoms with Gasteiger partial charge in [-0.25, -0.2) is 14.4 Å². The molecule has 176 valence electrons. The van der Waals surface area contributed by atoms with Crippen LogP contribution in [0.25, 0.3) is 11.1 Å². The maximum Gasteiger partial charge on any atom is 0.227 e. The van der Waals surface area contributed by atoms with Gasteiger partial charge in [0, 0.05) is 63.8 Å². The van der Waals surface area contributed by atoms with Crippen molar-refractivity contribution in [2.75, 3.05) is 44.2 Å². The molecule has 0 aliphatic carbocycles. The van der Waals surface area contributed by atoms with Crippen LogP contribution < -0.4 is 4.90 Å². The highest BCUT2D eigenvalue weighted by molar-refractivity contribution is 5.80. The summed E-state index contributed by atoms with van der Waals surface area (Å²) in [4.78, 5) is 28.9. The number of anilines is 1. The van der Waals surface area contributed by atoms with Gasteiger partial charge in [0.25, 0.3) is 0 Å². The summed E-state index contributed by atoms with van der Waals surface area (Å²) in [6.07, 6.45) is 5.40. The Morgan fingerprint density at radius 1 is 0.882 bits per heavy atom. The summed E-state index contributed by atoms with van der Waals surface area (Å²) < 4.78 is 13.2. The minimum Gasteiger partial charge on any atom is -0.340 e. The lowest BCUT2D eigenvalue weighted by Crippen LogP contribution is -2.52. The topological polar surface area (TPSA) is 52.6 Å². The Morgan fingerprint density at radius 3 is 2.29 bits per heavy atom. The van der Waals surface area contributed by atoms with E-state index in [0.717, 1.165) is 63.2 Å². The first-order chi connectivity index (χ1) is 16.7. The van der Waals surface area contributed by atoms with Crippen LogP contribution in [0, 0.1) is 11.7 Å². The molecule has 1 aromatic heterocycles. The van der Waals surface area contributed by atoms with Crippen LogP contribution in [0.5, 0.6) is 0 Å². The number of nitrogens with zero attached hydrogens (tertiary/aromatic N) is 5. The second-order valence-electron chi connectivity index (χ2n) is 9.15. The molecule has 6 nitrogen and oxygen atoms in total. The number of rotatable bonds is 5. The quantitative estimate of drug-likeness (QED) is 0.580. The van der Waals surface area contributed by atoms with Crippen LogP contribution in [-0.2, 0) is 11.3 Å². The molecule has 2 fully saturated rings. The van der Waals surface area contributed by atoms with Gasteiger partial charge < -0.3 is 9.80 Å². The largest absolute Gasteiger partial charge is 0.340 e. The Morgan fingerprint density at radius 2 is 1.59 bits per heavy atom. The number of benzene rings is 2. The molecule has 5 rings (SSSR count). The van der Waals surface area contributed by atoms with E-state index in [1.807, 2.05) is 11.0 Å². The van der Waals surface area contributed by atoms with Crippen molar-refractivity contribution < 1.29 is 9.18 Å². The maximum absolute atomic E-state index is 13.3. The molecule has 0 saturated carbocycles. The molecule has 0 unspecified atom stereocenters. The lowest BCUT2D eigenvalue weighted by Gasteiger charge is -2.39. The first-order valence-electron chi connectivity index (χ1n) is 12.0. The fourth-order valence-electron chi connectivity index (χ4n) is 4.86. The molecule has 2 saturated heterocycles. The van der Waals surface area contributed by atoms with E-state index in [4.69, 9.17) is 0 Å². The van der Waals surface area contributed by atoms with Crippen molar-refractivity contribution >= 4 is 11.9 Å². The Kier molecular flexibility index (Phi) is 6.81. The third kappa shape index (κ3) is 5.25. The van der Waals surface area contributed by atoms with E-state index in [9.17, 15) is 9.18 Å². The van der Waals surface area contributed by atoms with Gasteiger partial charge >= 0.3 is 0 Å². The van der Waals surface area contributed by atoms with Crippen molar-refractivity contribution in [1.29, 1.82) is 0 Å². The highest BCUT2D eigenvalue weighted by Crippen LogP contribution is 2.24. The number of hydrogen-bond acceptors (Lipinski definition) is 5. The molecule has 2 aliphatic rings. The summed E-state index contributed by atoms with van der Waals surface area (Å²) in [6, 6.07) is 16.8. The van der Waals surface area contributed by atoms with Gasteiger partial charge in [0.2, 0.25) is 11.9 Å². The Labute approximate surface area is 200 Å². The number of piperazine rings is 1. The third-order valence-corrected chi connectivity index (χ3v) is 6.80. The number of carbonyl (C=O) groups excluding carboxylic acids is 1. The second kappa shape index (κ2) is 10.3. The second-order valence-corrected chi connectivity index (χ2v) is 9.15. The van der Waals surface area contributed by atoms with Gasteiger partial charge in [-0.1, -0.05) is 42.5 Å². The van der Waals surface area contributed by atoms with Crippen LogP contribution in [0.15, 0.2) is 67.0 Å². The Bertz CT molecular complexity index is 1080. The van der Waals surface area contributed by atoms with Crippen molar-refractivity contribution in [1.82, 2.24) is 19.8 Å². The molecule has 0 N–H and O–H groups in total. The fraction of sp³-hybridized carbons (Fsp3) is 0.370. The fourth-order valence-corrected chi connectivity index (χ4v) is 4.86. The van der Waals surface area contributed by atoms with Crippen LogP contribution in [0.4, 0.5) is 10.3 Å². The van der Waals surface area contributed by atoms with Gasteiger partial charge in [-0.15, -0.1) is 0 Å². The maximum atomic E-state index is 13.3. The summed E-state index contributed by atoms with van der Waals surface area (Å²) in [5.41, 5.74) is 3.04. The van der Waals surface area contributed by atoms with Crippen molar-refractivity contribution in [2.45, 2.75) is 19.4 Å². The number of aromatic nitrogens is 2. The zero-order valence-electron chi connectivity index (χ0n) is 19.3. The van der Waals surface area contributed by atoms with Crippen LogP contribution in [-0.4, -0.2) is 64.9 Å². The molecule has 3 aromatic rings. The van der Waals surface area contributed by atoms with Crippen LogP contribution in [0.1, 0.15) is 18.4 Å². The van der Waals surface area contributed by atoms with Gasteiger partial charge in [-0.05, 0) is 36.1 Å². The standard InChI is InChI=1S/C27H30FN5O/c28-25-10-8-22(9-11-25)24-17-29-27(30-18-24)33-12-4-7-23(20-33)26(34)32-15-13-31(14-16-32)19-21-5-2-1-3-6-21/h1-3,5-6,8-11,17-18,23H,4,7,12-16,19-20H2/t23-/m0/s1. The molecule has 7 heteroatoms. The van der Waals surface area contributed by atoms with E-state index < -0.39 is 0 Å².